The minimum absolute atomic E-state index is 0.370. The Morgan fingerprint density at radius 1 is 1.08 bits per heavy atom. The second-order valence-corrected chi connectivity index (χ2v) is 7.68. The zero-order valence-electron chi connectivity index (χ0n) is 15.1. The fourth-order valence-corrected chi connectivity index (χ4v) is 2.48. The predicted octanol–water partition coefficient (Wildman–Crippen LogP) is 4.78. The van der Waals surface area contributed by atoms with E-state index in [9.17, 15) is 4.39 Å². The Balaban J connectivity index is 1.78. The summed E-state index contributed by atoms with van der Waals surface area (Å²) < 4.78 is 26.4. The summed E-state index contributed by atoms with van der Waals surface area (Å²) in [6, 6.07) is 7.67. The highest BCUT2D eigenvalue weighted by molar-refractivity contribution is 6.55. The van der Waals surface area contributed by atoms with E-state index in [0.717, 1.165) is 11.1 Å². The van der Waals surface area contributed by atoms with Gasteiger partial charge in [-0.2, -0.15) is 0 Å². The van der Waals surface area contributed by atoms with Crippen LogP contribution in [0.2, 0.25) is 0 Å². The molecule has 2 nitrogen and oxygen atoms in total. The van der Waals surface area contributed by atoms with Crippen molar-refractivity contribution in [2.45, 2.75) is 58.7 Å². The van der Waals surface area contributed by atoms with E-state index in [1.165, 1.54) is 12.8 Å². The Morgan fingerprint density at radius 2 is 1.62 bits per heavy atom. The standard InChI is InChI=1S/C20H24BFO2/c1-14(18(22)21-23-19(2,3)20(4,5)24-21)17-12-10-16(11-13-17)9-8-15-6-7-15/h10-13,15H,6-7H2,1-5H3. The third-order valence-corrected chi connectivity index (χ3v) is 5.13. The molecule has 1 aromatic carbocycles. The van der Waals surface area contributed by atoms with E-state index < -0.39 is 18.3 Å². The van der Waals surface area contributed by atoms with Gasteiger partial charge in [-0.1, -0.05) is 24.0 Å². The molecule has 1 saturated carbocycles. The highest BCUT2D eigenvalue weighted by atomic mass is 19.1. The molecule has 2 fully saturated rings. The smallest absolute Gasteiger partial charge is 0.398 e. The summed E-state index contributed by atoms with van der Waals surface area (Å²) in [5.41, 5.74) is 0.865. The van der Waals surface area contributed by atoms with Crippen molar-refractivity contribution in [1.82, 2.24) is 0 Å². The van der Waals surface area contributed by atoms with Gasteiger partial charge in [-0.3, -0.25) is 0 Å². The molecular formula is C20H24BFO2. The minimum atomic E-state index is -0.954. The molecule has 0 N–H and O–H groups in total. The van der Waals surface area contributed by atoms with Crippen LogP contribution in [0.3, 0.4) is 0 Å². The third-order valence-electron chi connectivity index (χ3n) is 5.13. The maximum atomic E-state index is 14.8. The molecular weight excluding hydrogens is 302 g/mol. The van der Waals surface area contributed by atoms with Crippen molar-refractivity contribution in [2.75, 3.05) is 0 Å². The van der Waals surface area contributed by atoms with Crippen molar-refractivity contribution in [2.24, 2.45) is 5.92 Å². The quantitative estimate of drug-likeness (QED) is 0.575. The molecule has 1 aromatic rings. The summed E-state index contributed by atoms with van der Waals surface area (Å²) >= 11 is 0. The second-order valence-electron chi connectivity index (χ2n) is 7.68. The van der Waals surface area contributed by atoms with E-state index in [4.69, 9.17) is 9.31 Å². The lowest BCUT2D eigenvalue weighted by Crippen LogP contribution is -2.41. The maximum absolute atomic E-state index is 14.8. The van der Waals surface area contributed by atoms with Gasteiger partial charge in [-0.15, -0.1) is 0 Å². The van der Waals surface area contributed by atoms with Gasteiger partial charge in [0.15, 0.2) is 0 Å². The van der Waals surface area contributed by atoms with E-state index >= 15 is 0 Å². The maximum Gasteiger partial charge on any atom is 0.525 e. The van der Waals surface area contributed by atoms with Crippen LogP contribution in [-0.4, -0.2) is 18.3 Å². The van der Waals surface area contributed by atoms with Gasteiger partial charge in [-0.05, 0) is 70.7 Å². The molecule has 126 valence electrons. The average molecular weight is 326 g/mol. The normalized spacial score (nSPS) is 22.7. The average Bonchev–Trinajstić information content (AvgIpc) is 3.31. The highest BCUT2D eigenvalue weighted by Crippen LogP contribution is 2.40. The molecule has 0 radical (unpaired) electrons. The van der Waals surface area contributed by atoms with Crippen molar-refractivity contribution in [3.8, 4) is 11.8 Å². The molecule has 0 amide bonds. The monoisotopic (exact) mass is 326 g/mol. The molecule has 0 aromatic heterocycles. The summed E-state index contributed by atoms with van der Waals surface area (Å²) in [5.74, 6) is 6.98. The van der Waals surface area contributed by atoms with Gasteiger partial charge >= 0.3 is 7.12 Å². The lowest BCUT2D eigenvalue weighted by atomic mass is 9.83. The molecule has 0 bridgehead atoms. The molecule has 0 spiro atoms. The Kier molecular flexibility index (Phi) is 4.36. The van der Waals surface area contributed by atoms with Gasteiger partial charge in [0.05, 0.1) is 11.2 Å². The molecule has 3 rings (SSSR count). The minimum Gasteiger partial charge on any atom is -0.398 e. The Labute approximate surface area is 144 Å². The van der Waals surface area contributed by atoms with E-state index in [-0.39, 0.29) is 5.73 Å². The van der Waals surface area contributed by atoms with Crippen LogP contribution in [-0.2, 0) is 9.31 Å². The fraction of sp³-hybridized carbons (Fsp3) is 0.500. The largest absolute Gasteiger partial charge is 0.525 e. The molecule has 0 unspecified atom stereocenters. The lowest BCUT2D eigenvalue weighted by Gasteiger charge is -2.32. The lowest BCUT2D eigenvalue weighted by molar-refractivity contribution is 0.00578. The molecule has 2 aliphatic rings. The van der Waals surface area contributed by atoms with Crippen LogP contribution in [0.1, 0.15) is 58.6 Å². The summed E-state index contributed by atoms with van der Waals surface area (Å²) in [6.07, 6.45) is 2.43. The first-order valence-electron chi connectivity index (χ1n) is 8.53. The molecule has 1 aliphatic carbocycles. The number of benzene rings is 1. The Hall–Kier alpha value is -1.57. The number of rotatable bonds is 2. The first-order chi connectivity index (χ1) is 11.2. The molecule has 1 aliphatic heterocycles. The van der Waals surface area contributed by atoms with Gasteiger partial charge in [0.2, 0.25) is 0 Å². The van der Waals surface area contributed by atoms with E-state index in [1.807, 2.05) is 52.0 Å². The van der Waals surface area contributed by atoms with Gasteiger partial charge in [0.1, 0.15) is 5.73 Å². The SMILES string of the molecule is CC(=C(F)B1OC(C)(C)C(C)(C)O1)c1ccc(C#CC2CC2)cc1. The molecule has 0 atom stereocenters. The first-order valence-corrected chi connectivity index (χ1v) is 8.53. The van der Waals surface area contributed by atoms with Crippen LogP contribution in [0.25, 0.3) is 5.57 Å². The van der Waals surface area contributed by atoms with Gasteiger partial charge in [0.25, 0.3) is 0 Å². The second kappa shape index (κ2) is 6.06. The summed E-state index contributed by atoms with van der Waals surface area (Å²) in [5, 5.41) is 0. The zero-order chi connectivity index (χ0) is 17.5. The van der Waals surface area contributed by atoms with E-state index in [2.05, 4.69) is 11.8 Å². The van der Waals surface area contributed by atoms with Crippen molar-refractivity contribution in [1.29, 1.82) is 0 Å². The zero-order valence-corrected chi connectivity index (χ0v) is 15.1. The molecule has 1 saturated heterocycles. The topological polar surface area (TPSA) is 18.5 Å². The Bertz CT molecular complexity index is 702. The van der Waals surface area contributed by atoms with Crippen LogP contribution in [0.15, 0.2) is 30.0 Å². The van der Waals surface area contributed by atoms with Crippen LogP contribution in [0, 0.1) is 17.8 Å². The van der Waals surface area contributed by atoms with Crippen molar-refractivity contribution in [3.05, 3.63) is 41.1 Å². The van der Waals surface area contributed by atoms with E-state index in [0.29, 0.717) is 11.5 Å². The first kappa shape index (κ1) is 17.3. The van der Waals surface area contributed by atoms with Crippen LogP contribution in [0.4, 0.5) is 4.39 Å². The van der Waals surface area contributed by atoms with Gasteiger partial charge in [-0.25, -0.2) is 4.39 Å². The molecule has 1 heterocycles. The number of hydrogen-bond donors (Lipinski definition) is 0. The molecule has 4 heteroatoms. The summed E-state index contributed by atoms with van der Waals surface area (Å²) in [6.45, 7) is 9.43. The van der Waals surface area contributed by atoms with E-state index in [1.54, 1.807) is 6.92 Å². The van der Waals surface area contributed by atoms with Gasteiger partial charge in [0, 0.05) is 11.5 Å². The summed E-state index contributed by atoms with van der Waals surface area (Å²) in [7, 11) is -0.954. The van der Waals surface area contributed by atoms with Crippen LogP contribution in [0.5, 0.6) is 0 Å². The van der Waals surface area contributed by atoms with Crippen molar-refractivity contribution < 1.29 is 13.7 Å². The fourth-order valence-electron chi connectivity index (χ4n) is 2.48. The predicted molar refractivity (Wildman–Crippen MR) is 95.8 cm³/mol. The van der Waals surface area contributed by atoms with Crippen LogP contribution < -0.4 is 0 Å². The Morgan fingerprint density at radius 3 is 2.12 bits per heavy atom. The van der Waals surface area contributed by atoms with Crippen molar-refractivity contribution >= 4 is 12.7 Å². The van der Waals surface area contributed by atoms with Crippen LogP contribution >= 0.6 is 0 Å². The number of hydrogen-bond acceptors (Lipinski definition) is 2. The third kappa shape index (κ3) is 3.43. The van der Waals surface area contributed by atoms with Crippen molar-refractivity contribution in [3.63, 3.8) is 0 Å². The molecule has 24 heavy (non-hydrogen) atoms. The number of halogens is 1. The highest BCUT2D eigenvalue weighted by Gasteiger charge is 2.53. The number of allylic oxidation sites excluding steroid dienone is 1. The van der Waals surface area contributed by atoms with Gasteiger partial charge < -0.3 is 9.31 Å². The summed E-state index contributed by atoms with van der Waals surface area (Å²) in [4.78, 5) is 0.